The van der Waals surface area contributed by atoms with Crippen LogP contribution in [0.25, 0.3) is 0 Å². The van der Waals surface area contributed by atoms with Crippen LogP contribution in [0.1, 0.15) is 0 Å². The van der Waals surface area contributed by atoms with Gasteiger partial charge in [0, 0.05) is 25.7 Å². The molecule has 0 unspecified atom stereocenters. The van der Waals surface area contributed by atoms with Gasteiger partial charge in [-0.25, -0.2) is 12.7 Å². The SMILES string of the molecule is CN(C)S(=O)(=O)c1ccc(Cl)c(NC(=O)Cn2ccsc2=N)c1. The summed E-state index contributed by atoms with van der Waals surface area (Å²) in [5.74, 6) is -0.400. The first-order valence-corrected chi connectivity index (χ1v) is 9.12. The molecule has 0 bridgehead atoms. The quantitative estimate of drug-likeness (QED) is 0.831. The summed E-state index contributed by atoms with van der Waals surface area (Å²) in [4.78, 5) is 12.3. The minimum atomic E-state index is -3.62. The van der Waals surface area contributed by atoms with Gasteiger partial charge in [0.2, 0.25) is 15.9 Å². The summed E-state index contributed by atoms with van der Waals surface area (Å²) in [6.45, 7) is -0.0523. The molecule has 124 valence electrons. The van der Waals surface area contributed by atoms with Gasteiger partial charge in [-0.3, -0.25) is 10.2 Å². The zero-order valence-electron chi connectivity index (χ0n) is 12.4. The Morgan fingerprint density at radius 2 is 2.13 bits per heavy atom. The summed E-state index contributed by atoms with van der Waals surface area (Å²) in [5, 5.41) is 12.1. The molecule has 0 aliphatic carbocycles. The Morgan fingerprint density at radius 1 is 1.43 bits per heavy atom. The normalized spacial score (nSPS) is 11.7. The topological polar surface area (TPSA) is 95.3 Å². The minimum Gasteiger partial charge on any atom is -0.323 e. The third-order valence-corrected chi connectivity index (χ3v) is 5.84. The third kappa shape index (κ3) is 3.99. The number of anilines is 1. The number of rotatable bonds is 5. The number of amides is 1. The standard InChI is InChI=1S/C13H15ClN4O3S2/c1-17(2)23(20,21)9-3-4-10(14)11(7-9)16-12(19)8-18-5-6-22-13(18)15/h3-7,15H,8H2,1-2H3,(H,16,19). The first kappa shape index (κ1) is 17.7. The van der Waals surface area contributed by atoms with Crippen LogP contribution in [0.3, 0.4) is 0 Å². The molecule has 0 fully saturated rings. The first-order chi connectivity index (χ1) is 10.7. The number of benzene rings is 1. The molecule has 2 N–H and O–H groups in total. The average molecular weight is 375 g/mol. The highest BCUT2D eigenvalue weighted by Crippen LogP contribution is 2.26. The summed E-state index contributed by atoms with van der Waals surface area (Å²) in [6.07, 6.45) is 1.63. The number of hydrogen-bond donors (Lipinski definition) is 2. The Labute approximate surface area is 142 Å². The largest absolute Gasteiger partial charge is 0.323 e. The fourth-order valence-corrected chi connectivity index (χ4v) is 3.43. The van der Waals surface area contributed by atoms with Crippen molar-refractivity contribution in [2.75, 3.05) is 19.4 Å². The fourth-order valence-electron chi connectivity index (χ4n) is 1.74. The highest BCUT2D eigenvalue weighted by molar-refractivity contribution is 7.89. The van der Waals surface area contributed by atoms with Gasteiger partial charge in [-0.1, -0.05) is 11.6 Å². The van der Waals surface area contributed by atoms with Gasteiger partial charge in [0.25, 0.3) is 0 Å². The van der Waals surface area contributed by atoms with Gasteiger partial charge in [0.05, 0.1) is 15.6 Å². The number of nitrogens with zero attached hydrogens (tertiary/aromatic N) is 2. The summed E-state index contributed by atoms with van der Waals surface area (Å²) >= 11 is 7.22. The van der Waals surface area contributed by atoms with E-state index in [4.69, 9.17) is 17.0 Å². The average Bonchev–Trinajstić information content (AvgIpc) is 2.86. The molecule has 1 aromatic heterocycles. The van der Waals surface area contributed by atoms with Crippen LogP contribution in [0.15, 0.2) is 34.7 Å². The van der Waals surface area contributed by atoms with Gasteiger partial charge in [-0.05, 0) is 18.2 Å². The Balaban J connectivity index is 2.25. The molecule has 0 radical (unpaired) electrons. The first-order valence-electron chi connectivity index (χ1n) is 6.42. The van der Waals surface area contributed by atoms with Gasteiger partial charge in [0.15, 0.2) is 4.80 Å². The molecule has 0 saturated heterocycles. The molecule has 10 heteroatoms. The van der Waals surface area contributed by atoms with Crippen molar-refractivity contribution < 1.29 is 13.2 Å². The van der Waals surface area contributed by atoms with E-state index in [9.17, 15) is 13.2 Å². The van der Waals surface area contributed by atoms with E-state index >= 15 is 0 Å². The van der Waals surface area contributed by atoms with Gasteiger partial charge in [-0.15, -0.1) is 11.3 Å². The van der Waals surface area contributed by atoms with Gasteiger partial charge in [-0.2, -0.15) is 0 Å². The Bertz CT molecular complexity index is 887. The van der Waals surface area contributed by atoms with E-state index in [-0.39, 0.29) is 27.0 Å². The van der Waals surface area contributed by atoms with E-state index in [0.29, 0.717) is 0 Å². The predicted molar refractivity (Wildman–Crippen MR) is 89.1 cm³/mol. The second kappa shape index (κ2) is 6.83. The lowest BCUT2D eigenvalue weighted by molar-refractivity contribution is -0.116. The van der Waals surface area contributed by atoms with Gasteiger partial charge >= 0.3 is 0 Å². The fraction of sp³-hybridized carbons (Fsp3) is 0.231. The second-order valence-electron chi connectivity index (χ2n) is 4.81. The van der Waals surface area contributed by atoms with Crippen LogP contribution in [-0.4, -0.2) is 37.3 Å². The van der Waals surface area contributed by atoms with Crippen molar-refractivity contribution in [3.8, 4) is 0 Å². The van der Waals surface area contributed by atoms with E-state index in [0.717, 1.165) is 4.31 Å². The number of sulfonamides is 1. The number of thiazole rings is 1. The maximum absolute atomic E-state index is 12.1. The van der Waals surface area contributed by atoms with Crippen molar-refractivity contribution in [3.63, 3.8) is 0 Å². The Kier molecular flexibility index (Phi) is 5.25. The lowest BCUT2D eigenvalue weighted by Gasteiger charge is -2.14. The molecule has 1 aromatic carbocycles. The van der Waals surface area contributed by atoms with Crippen LogP contribution in [-0.2, 0) is 21.4 Å². The Morgan fingerprint density at radius 3 is 2.70 bits per heavy atom. The van der Waals surface area contributed by atoms with Crippen molar-refractivity contribution in [3.05, 3.63) is 39.6 Å². The summed E-state index contributed by atoms with van der Waals surface area (Å²) in [6, 6.07) is 4.11. The zero-order chi connectivity index (χ0) is 17.2. The van der Waals surface area contributed by atoms with E-state index in [1.807, 2.05) is 0 Å². The smallest absolute Gasteiger partial charge is 0.244 e. The molecule has 0 aliphatic rings. The van der Waals surface area contributed by atoms with Gasteiger partial charge in [0.1, 0.15) is 6.54 Å². The van der Waals surface area contributed by atoms with Crippen molar-refractivity contribution in [2.24, 2.45) is 0 Å². The Hall–Kier alpha value is -1.68. The molecule has 2 rings (SSSR count). The van der Waals surface area contributed by atoms with Crippen molar-refractivity contribution in [1.82, 2.24) is 8.87 Å². The molecular formula is C13H15ClN4O3S2. The molecule has 0 spiro atoms. The molecule has 0 atom stereocenters. The number of halogens is 1. The zero-order valence-corrected chi connectivity index (χ0v) is 14.8. The molecule has 7 nitrogen and oxygen atoms in total. The molecule has 1 heterocycles. The molecule has 23 heavy (non-hydrogen) atoms. The molecule has 2 aromatic rings. The maximum Gasteiger partial charge on any atom is 0.244 e. The number of carbonyl (C=O) groups excluding carboxylic acids is 1. The van der Waals surface area contributed by atoms with E-state index < -0.39 is 15.9 Å². The maximum atomic E-state index is 12.1. The minimum absolute atomic E-state index is 0.0339. The predicted octanol–water partition coefficient (Wildman–Crippen LogP) is 1.57. The van der Waals surface area contributed by atoms with E-state index in [1.54, 1.807) is 11.6 Å². The number of aromatic nitrogens is 1. The summed E-state index contributed by atoms with van der Waals surface area (Å²) < 4.78 is 26.8. The summed E-state index contributed by atoms with van der Waals surface area (Å²) in [7, 11) is -0.775. The number of carbonyl (C=O) groups is 1. The third-order valence-electron chi connectivity index (χ3n) is 2.99. The van der Waals surface area contributed by atoms with Crippen LogP contribution in [0.2, 0.25) is 5.02 Å². The summed E-state index contributed by atoms with van der Waals surface area (Å²) in [5.41, 5.74) is 0.210. The van der Waals surface area contributed by atoms with Crippen LogP contribution in [0, 0.1) is 5.41 Å². The number of nitrogens with one attached hydrogen (secondary N) is 2. The molecular weight excluding hydrogens is 360 g/mol. The van der Waals surface area contributed by atoms with Crippen LogP contribution >= 0.6 is 22.9 Å². The van der Waals surface area contributed by atoms with Crippen molar-refractivity contribution >= 4 is 44.6 Å². The molecule has 0 aliphatic heterocycles. The lowest BCUT2D eigenvalue weighted by atomic mass is 10.3. The van der Waals surface area contributed by atoms with Crippen LogP contribution in [0.4, 0.5) is 5.69 Å². The molecule has 1 amide bonds. The molecule has 0 saturated carbocycles. The van der Waals surface area contributed by atoms with Gasteiger partial charge < -0.3 is 9.88 Å². The highest BCUT2D eigenvalue weighted by atomic mass is 35.5. The van der Waals surface area contributed by atoms with Crippen molar-refractivity contribution in [1.29, 1.82) is 5.41 Å². The van der Waals surface area contributed by atoms with Crippen molar-refractivity contribution in [2.45, 2.75) is 11.4 Å². The highest BCUT2D eigenvalue weighted by Gasteiger charge is 2.19. The monoisotopic (exact) mass is 374 g/mol. The second-order valence-corrected chi connectivity index (χ2v) is 8.27. The van der Waals surface area contributed by atoms with E-state index in [1.165, 1.54) is 48.2 Å². The van der Waals surface area contributed by atoms with E-state index in [2.05, 4.69) is 5.32 Å². The number of hydrogen-bond acceptors (Lipinski definition) is 5. The van der Waals surface area contributed by atoms with Crippen LogP contribution < -0.4 is 10.1 Å². The lowest BCUT2D eigenvalue weighted by Crippen LogP contribution is -2.25. The van der Waals surface area contributed by atoms with Crippen LogP contribution in [0.5, 0.6) is 0 Å².